The van der Waals surface area contributed by atoms with Gasteiger partial charge < -0.3 is 10.1 Å². The second kappa shape index (κ2) is 5.75. The van der Waals surface area contributed by atoms with Crippen LogP contribution in [0.3, 0.4) is 0 Å². The van der Waals surface area contributed by atoms with E-state index in [0.717, 1.165) is 24.9 Å². The Morgan fingerprint density at radius 1 is 1.06 bits per heavy atom. The van der Waals surface area contributed by atoms with Gasteiger partial charge in [-0.1, -0.05) is 43.9 Å². The minimum atomic E-state index is 0.546. The van der Waals surface area contributed by atoms with E-state index in [9.17, 15) is 0 Å². The number of rotatable bonds is 3. The van der Waals surface area contributed by atoms with E-state index in [1.54, 1.807) is 0 Å². The molecule has 1 aliphatic carbocycles. The zero-order valence-electron chi connectivity index (χ0n) is 11.0. The molecule has 3 rings (SSSR count). The van der Waals surface area contributed by atoms with Crippen LogP contribution in [0.15, 0.2) is 24.3 Å². The van der Waals surface area contributed by atoms with Crippen LogP contribution >= 0.6 is 0 Å². The summed E-state index contributed by atoms with van der Waals surface area (Å²) in [5.74, 6) is 1.63. The van der Waals surface area contributed by atoms with E-state index in [0.29, 0.717) is 5.92 Å². The van der Waals surface area contributed by atoms with Crippen LogP contribution < -0.4 is 10.1 Å². The Kier molecular flexibility index (Phi) is 3.84. The molecule has 2 nitrogen and oxygen atoms in total. The molecule has 1 unspecified atom stereocenters. The van der Waals surface area contributed by atoms with Gasteiger partial charge in [0.2, 0.25) is 0 Å². The molecule has 1 atom stereocenters. The summed E-state index contributed by atoms with van der Waals surface area (Å²) >= 11 is 0. The topological polar surface area (TPSA) is 21.3 Å². The highest BCUT2D eigenvalue weighted by atomic mass is 16.5. The van der Waals surface area contributed by atoms with Crippen molar-refractivity contribution in [3.05, 3.63) is 29.8 Å². The van der Waals surface area contributed by atoms with Crippen LogP contribution in [0.4, 0.5) is 0 Å². The largest absolute Gasteiger partial charge is 0.493 e. The quantitative estimate of drug-likeness (QED) is 0.823. The standard InChI is InChI=1S/C16H23NO/c1-2-4-8-14(7-3-1)17-11-13-12-18-16-10-6-5-9-15(13)16/h5-6,9-10,13-14,17H,1-4,7-8,11-12H2. The normalized spacial score (nSPS) is 24.3. The van der Waals surface area contributed by atoms with Crippen molar-refractivity contribution in [3.8, 4) is 5.75 Å². The maximum Gasteiger partial charge on any atom is 0.122 e. The minimum absolute atomic E-state index is 0.546. The fourth-order valence-corrected chi connectivity index (χ4v) is 3.19. The first-order valence-electron chi connectivity index (χ1n) is 7.38. The van der Waals surface area contributed by atoms with E-state index >= 15 is 0 Å². The van der Waals surface area contributed by atoms with E-state index < -0.39 is 0 Å². The van der Waals surface area contributed by atoms with Crippen LogP contribution in [0.2, 0.25) is 0 Å². The van der Waals surface area contributed by atoms with Gasteiger partial charge in [-0.05, 0) is 18.9 Å². The van der Waals surface area contributed by atoms with Crippen LogP contribution in [0.5, 0.6) is 5.75 Å². The van der Waals surface area contributed by atoms with Gasteiger partial charge in [0.25, 0.3) is 0 Å². The molecule has 98 valence electrons. The van der Waals surface area contributed by atoms with Crippen LogP contribution in [0.1, 0.15) is 50.0 Å². The van der Waals surface area contributed by atoms with Crippen molar-refractivity contribution in [3.63, 3.8) is 0 Å². The molecule has 1 aromatic carbocycles. The highest BCUT2D eigenvalue weighted by molar-refractivity contribution is 5.39. The first-order chi connectivity index (χ1) is 8.93. The summed E-state index contributed by atoms with van der Waals surface area (Å²) in [5, 5.41) is 3.76. The molecule has 1 saturated carbocycles. The lowest BCUT2D eigenvalue weighted by Gasteiger charge is -2.18. The third kappa shape index (κ3) is 2.69. The lowest BCUT2D eigenvalue weighted by atomic mass is 10.0. The smallest absolute Gasteiger partial charge is 0.122 e. The molecule has 0 aromatic heterocycles. The summed E-state index contributed by atoms with van der Waals surface area (Å²) in [4.78, 5) is 0. The van der Waals surface area contributed by atoms with Crippen LogP contribution in [0.25, 0.3) is 0 Å². The Balaban J connectivity index is 1.55. The van der Waals surface area contributed by atoms with E-state index in [4.69, 9.17) is 4.74 Å². The van der Waals surface area contributed by atoms with E-state index in [-0.39, 0.29) is 0 Å². The van der Waals surface area contributed by atoms with E-state index in [1.807, 2.05) is 0 Å². The van der Waals surface area contributed by atoms with Gasteiger partial charge in [-0.2, -0.15) is 0 Å². The van der Waals surface area contributed by atoms with Crippen molar-refractivity contribution in [1.82, 2.24) is 5.32 Å². The molecule has 0 radical (unpaired) electrons. The van der Waals surface area contributed by atoms with Gasteiger partial charge in [-0.25, -0.2) is 0 Å². The van der Waals surface area contributed by atoms with Crippen molar-refractivity contribution >= 4 is 0 Å². The molecule has 0 bridgehead atoms. The number of para-hydroxylation sites is 1. The molecule has 0 amide bonds. The number of ether oxygens (including phenoxy) is 1. The summed E-state index contributed by atoms with van der Waals surface area (Å²) in [6, 6.07) is 9.20. The Bertz CT molecular complexity index is 382. The molecular formula is C16H23NO. The van der Waals surface area contributed by atoms with Gasteiger partial charge in [-0.15, -0.1) is 0 Å². The summed E-state index contributed by atoms with van der Waals surface area (Å²) in [5.41, 5.74) is 1.39. The third-order valence-electron chi connectivity index (χ3n) is 4.31. The van der Waals surface area contributed by atoms with Crippen LogP contribution in [0, 0.1) is 0 Å². The van der Waals surface area contributed by atoms with Crippen molar-refractivity contribution in [2.45, 2.75) is 50.5 Å². The lowest BCUT2D eigenvalue weighted by molar-refractivity contribution is 0.319. The molecule has 0 saturated heterocycles. The fraction of sp³-hybridized carbons (Fsp3) is 0.625. The van der Waals surface area contributed by atoms with Gasteiger partial charge in [0.1, 0.15) is 5.75 Å². The monoisotopic (exact) mass is 245 g/mol. The van der Waals surface area contributed by atoms with Gasteiger partial charge >= 0.3 is 0 Å². The molecule has 2 heteroatoms. The second-order valence-electron chi connectivity index (χ2n) is 5.64. The number of hydrogen-bond acceptors (Lipinski definition) is 2. The summed E-state index contributed by atoms with van der Waals surface area (Å²) in [6.07, 6.45) is 8.36. The van der Waals surface area contributed by atoms with Crippen LogP contribution in [-0.2, 0) is 0 Å². The first kappa shape index (κ1) is 12.0. The molecule has 1 fully saturated rings. The molecule has 1 aliphatic heterocycles. The summed E-state index contributed by atoms with van der Waals surface area (Å²) < 4.78 is 5.74. The Hall–Kier alpha value is -1.02. The maximum absolute atomic E-state index is 5.74. The summed E-state index contributed by atoms with van der Waals surface area (Å²) in [6.45, 7) is 1.92. The van der Waals surface area contributed by atoms with E-state index in [1.165, 1.54) is 44.1 Å². The molecular weight excluding hydrogens is 222 g/mol. The average molecular weight is 245 g/mol. The Morgan fingerprint density at radius 3 is 2.67 bits per heavy atom. The van der Waals surface area contributed by atoms with Gasteiger partial charge in [0.05, 0.1) is 6.61 Å². The molecule has 1 aromatic rings. The zero-order valence-corrected chi connectivity index (χ0v) is 11.0. The Labute approximate surface area is 110 Å². The Morgan fingerprint density at radius 2 is 1.83 bits per heavy atom. The molecule has 0 spiro atoms. The fourth-order valence-electron chi connectivity index (χ4n) is 3.19. The predicted octanol–water partition coefficient (Wildman–Crippen LogP) is 3.48. The number of benzene rings is 1. The first-order valence-corrected chi connectivity index (χ1v) is 7.38. The number of hydrogen-bond donors (Lipinski definition) is 1. The van der Waals surface area contributed by atoms with Gasteiger partial charge in [0, 0.05) is 24.1 Å². The number of nitrogens with one attached hydrogen (secondary N) is 1. The highest BCUT2D eigenvalue weighted by Gasteiger charge is 2.24. The summed E-state index contributed by atoms with van der Waals surface area (Å²) in [7, 11) is 0. The van der Waals surface area contributed by atoms with Crippen molar-refractivity contribution < 1.29 is 4.74 Å². The lowest BCUT2D eigenvalue weighted by Crippen LogP contribution is -2.32. The highest BCUT2D eigenvalue weighted by Crippen LogP contribution is 2.33. The van der Waals surface area contributed by atoms with Crippen LogP contribution in [-0.4, -0.2) is 19.2 Å². The van der Waals surface area contributed by atoms with Crippen molar-refractivity contribution in [2.24, 2.45) is 0 Å². The molecule has 1 heterocycles. The van der Waals surface area contributed by atoms with E-state index in [2.05, 4.69) is 29.6 Å². The minimum Gasteiger partial charge on any atom is -0.493 e. The van der Waals surface area contributed by atoms with Crippen molar-refractivity contribution in [1.29, 1.82) is 0 Å². The maximum atomic E-state index is 5.74. The number of fused-ring (bicyclic) bond motifs is 1. The van der Waals surface area contributed by atoms with Gasteiger partial charge in [-0.3, -0.25) is 0 Å². The predicted molar refractivity (Wildman–Crippen MR) is 74.2 cm³/mol. The molecule has 18 heavy (non-hydrogen) atoms. The average Bonchev–Trinajstić information content (AvgIpc) is 2.64. The zero-order chi connectivity index (χ0) is 12.2. The van der Waals surface area contributed by atoms with Gasteiger partial charge in [0.15, 0.2) is 0 Å². The SMILES string of the molecule is c1ccc2c(c1)OCC2CNC1CCCCCC1. The molecule has 1 N–H and O–H groups in total. The third-order valence-corrected chi connectivity index (χ3v) is 4.31. The molecule has 2 aliphatic rings. The second-order valence-corrected chi connectivity index (χ2v) is 5.64. The van der Waals surface area contributed by atoms with Crippen molar-refractivity contribution in [2.75, 3.05) is 13.2 Å².